The first-order valence-corrected chi connectivity index (χ1v) is 5.92. The van der Waals surface area contributed by atoms with Crippen LogP contribution in [0.5, 0.6) is 0 Å². The molecule has 84 valence electrons. The van der Waals surface area contributed by atoms with E-state index in [9.17, 15) is 0 Å². The van der Waals surface area contributed by atoms with Gasteiger partial charge in [0.1, 0.15) is 5.65 Å². The highest BCUT2D eigenvalue weighted by Gasteiger charge is 2.23. The van der Waals surface area contributed by atoms with Crippen LogP contribution in [0.3, 0.4) is 0 Å². The summed E-state index contributed by atoms with van der Waals surface area (Å²) in [7, 11) is 0. The first-order valence-electron chi connectivity index (χ1n) is 5.92. The Morgan fingerprint density at radius 2 is 2.25 bits per heavy atom. The number of rotatable bonds is 1. The van der Waals surface area contributed by atoms with E-state index in [2.05, 4.69) is 35.2 Å². The van der Waals surface area contributed by atoms with Gasteiger partial charge in [0.15, 0.2) is 0 Å². The fourth-order valence-corrected chi connectivity index (χ4v) is 2.84. The minimum Gasteiger partial charge on any atom is -0.343 e. The maximum Gasteiger partial charge on any atom is 0.137 e. The summed E-state index contributed by atoms with van der Waals surface area (Å²) in [6, 6.07) is 2.10. The lowest BCUT2D eigenvalue weighted by Gasteiger charge is -2.09. The van der Waals surface area contributed by atoms with Crippen molar-refractivity contribution in [2.24, 2.45) is 0 Å². The van der Waals surface area contributed by atoms with Gasteiger partial charge in [0, 0.05) is 23.8 Å². The van der Waals surface area contributed by atoms with E-state index in [0.717, 1.165) is 18.7 Å². The third-order valence-electron chi connectivity index (χ3n) is 3.61. The first kappa shape index (κ1) is 9.85. The molecule has 1 fully saturated rings. The standard InChI is InChI=1S/C13H17N3/c1-8-3-6-15-13-11(8)12(9(2)16-13)10-4-5-14-7-10/h3,6,10,14H,4-5,7H2,1-2H3,(H,15,16). The molecule has 2 aromatic heterocycles. The molecular weight excluding hydrogens is 198 g/mol. The zero-order valence-electron chi connectivity index (χ0n) is 9.80. The summed E-state index contributed by atoms with van der Waals surface area (Å²) < 4.78 is 0. The number of pyridine rings is 1. The molecule has 1 unspecified atom stereocenters. The van der Waals surface area contributed by atoms with Crippen LogP contribution in [0.25, 0.3) is 11.0 Å². The summed E-state index contributed by atoms with van der Waals surface area (Å²) in [5.74, 6) is 0.650. The van der Waals surface area contributed by atoms with Crippen molar-refractivity contribution in [2.75, 3.05) is 13.1 Å². The van der Waals surface area contributed by atoms with Gasteiger partial charge in [-0.25, -0.2) is 4.98 Å². The largest absolute Gasteiger partial charge is 0.343 e. The molecular formula is C13H17N3. The zero-order chi connectivity index (χ0) is 11.1. The highest BCUT2D eigenvalue weighted by molar-refractivity contribution is 5.85. The van der Waals surface area contributed by atoms with E-state index in [-0.39, 0.29) is 0 Å². The minimum atomic E-state index is 0.650. The van der Waals surface area contributed by atoms with Gasteiger partial charge in [-0.3, -0.25) is 0 Å². The van der Waals surface area contributed by atoms with Gasteiger partial charge in [0.25, 0.3) is 0 Å². The zero-order valence-corrected chi connectivity index (χ0v) is 9.80. The quantitative estimate of drug-likeness (QED) is 0.766. The molecule has 3 rings (SSSR count). The highest BCUT2D eigenvalue weighted by Crippen LogP contribution is 2.33. The van der Waals surface area contributed by atoms with E-state index >= 15 is 0 Å². The molecule has 16 heavy (non-hydrogen) atoms. The number of hydrogen-bond donors (Lipinski definition) is 2. The molecule has 3 heterocycles. The fourth-order valence-electron chi connectivity index (χ4n) is 2.84. The molecule has 0 aromatic carbocycles. The Morgan fingerprint density at radius 1 is 1.38 bits per heavy atom. The van der Waals surface area contributed by atoms with Gasteiger partial charge in [-0.1, -0.05) is 0 Å². The van der Waals surface area contributed by atoms with Gasteiger partial charge < -0.3 is 10.3 Å². The van der Waals surface area contributed by atoms with Gasteiger partial charge in [0.2, 0.25) is 0 Å². The van der Waals surface area contributed by atoms with Crippen LogP contribution >= 0.6 is 0 Å². The topological polar surface area (TPSA) is 40.7 Å². The van der Waals surface area contributed by atoms with Crippen LogP contribution in [0, 0.1) is 13.8 Å². The van der Waals surface area contributed by atoms with Crippen LogP contribution in [-0.4, -0.2) is 23.1 Å². The van der Waals surface area contributed by atoms with E-state index in [4.69, 9.17) is 0 Å². The Morgan fingerprint density at radius 3 is 3.00 bits per heavy atom. The Kier molecular flexibility index (Phi) is 2.21. The number of aromatic nitrogens is 2. The molecule has 1 aliphatic rings. The van der Waals surface area contributed by atoms with Crippen molar-refractivity contribution >= 4 is 11.0 Å². The van der Waals surface area contributed by atoms with Crippen molar-refractivity contribution in [1.29, 1.82) is 0 Å². The Balaban J connectivity index is 2.25. The second kappa shape index (κ2) is 3.59. The maximum atomic E-state index is 4.42. The minimum absolute atomic E-state index is 0.650. The van der Waals surface area contributed by atoms with Crippen LogP contribution < -0.4 is 5.32 Å². The summed E-state index contributed by atoms with van der Waals surface area (Å²) in [5, 5.41) is 4.78. The monoisotopic (exact) mass is 215 g/mol. The van der Waals surface area contributed by atoms with E-state index in [0.29, 0.717) is 5.92 Å². The Bertz CT molecular complexity index is 521. The lowest BCUT2D eigenvalue weighted by Crippen LogP contribution is -2.08. The molecule has 1 atom stereocenters. The number of aryl methyl sites for hydroxylation is 2. The predicted octanol–water partition coefficient (Wildman–Crippen LogP) is 2.26. The molecule has 0 aliphatic carbocycles. The molecule has 0 saturated carbocycles. The third kappa shape index (κ3) is 1.35. The normalized spacial score (nSPS) is 20.8. The summed E-state index contributed by atoms with van der Waals surface area (Å²) >= 11 is 0. The first-order chi connectivity index (χ1) is 7.77. The molecule has 2 aromatic rings. The van der Waals surface area contributed by atoms with Crippen molar-refractivity contribution in [3.63, 3.8) is 0 Å². The molecule has 0 bridgehead atoms. The fraction of sp³-hybridized carbons (Fsp3) is 0.462. The number of nitrogens with zero attached hydrogens (tertiary/aromatic N) is 1. The maximum absolute atomic E-state index is 4.42. The van der Waals surface area contributed by atoms with Crippen molar-refractivity contribution in [3.05, 3.63) is 29.1 Å². The molecule has 1 saturated heterocycles. The van der Waals surface area contributed by atoms with Crippen molar-refractivity contribution < 1.29 is 0 Å². The summed E-state index contributed by atoms with van der Waals surface area (Å²) in [6.45, 7) is 6.57. The van der Waals surface area contributed by atoms with Crippen LogP contribution in [0.2, 0.25) is 0 Å². The summed E-state index contributed by atoms with van der Waals surface area (Å²) in [5.41, 5.74) is 5.13. The number of aromatic amines is 1. The van der Waals surface area contributed by atoms with Crippen molar-refractivity contribution in [1.82, 2.24) is 15.3 Å². The van der Waals surface area contributed by atoms with Crippen molar-refractivity contribution in [2.45, 2.75) is 26.2 Å². The smallest absolute Gasteiger partial charge is 0.137 e. The van der Waals surface area contributed by atoms with Gasteiger partial charge in [0.05, 0.1) is 0 Å². The second-order valence-corrected chi connectivity index (χ2v) is 4.70. The third-order valence-corrected chi connectivity index (χ3v) is 3.61. The SMILES string of the molecule is Cc1[nH]c2nccc(C)c2c1C1CCNC1. The van der Waals surface area contributed by atoms with Crippen molar-refractivity contribution in [3.8, 4) is 0 Å². The molecule has 3 nitrogen and oxygen atoms in total. The van der Waals surface area contributed by atoms with E-state index in [1.807, 2.05) is 6.20 Å². The molecule has 0 spiro atoms. The van der Waals surface area contributed by atoms with Crippen LogP contribution in [-0.2, 0) is 0 Å². The van der Waals surface area contributed by atoms with E-state index in [1.165, 1.54) is 28.6 Å². The van der Waals surface area contributed by atoms with Crippen LogP contribution in [0.15, 0.2) is 12.3 Å². The van der Waals surface area contributed by atoms with Gasteiger partial charge >= 0.3 is 0 Å². The molecule has 0 amide bonds. The predicted molar refractivity (Wildman–Crippen MR) is 65.8 cm³/mol. The lowest BCUT2D eigenvalue weighted by molar-refractivity contribution is 0.762. The number of nitrogens with one attached hydrogen (secondary N) is 2. The number of H-pyrrole nitrogens is 1. The molecule has 2 N–H and O–H groups in total. The molecule has 0 radical (unpaired) electrons. The second-order valence-electron chi connectivity index (χ2n) is 4.70. The van der Waals surface area contributed by atoms with E-state index in [1.54, 1.807) is 0 Å². The van der Waals surface area contributed by atoms with Gasteiger partial charge in [-0.15, -0.1) is 0 Å². The molecule has 1 aliphatic heterocycles. The summed E-state index contributed by atoms with van der Waals surface area (Å²) in [4.78, 5) is 7.82. The van der Waals surface area contributed by atoms with Gasteiger partial charge in [-0.05, 0) is 49.9 Å². The highest BCUT2D eigenvalue weighted by atomic mass is 14.9. The number of fused-ring (bicyclic) bond motifs is 1. The van der Waals surface area contributed by atoms with E-state index < -0.39 is 0 Å². The lowest BCUT2D eigenvalue weighted by atomic mass is 9.94. The number of hydrogen-bond acceptors (Lipinski definition) is 2. The van der Waals surface area contributed by atoms with Crippen LogP contribution in [0.1, 0.15) is 29.2 Å². The Hall–Kier alpha value is -1.35. The van der Waals surface area contributed by atoms with Gasteiger partial charge in [-0.2, -0.15) is 0 Å². The molecule has 3 heteroatoms. The van der Waals surface area contributed by atoms with Crippen LogP contribution in [0.4, 0.5) is 0 Å². The Labute approximate surface area is 95.3 Å². The average Bonchev–Trinajstić information content (AvgIpc) is 2.84. The summed E-state index contributed by atoms with van der Waals surface area (Å²) in [6.07, 6.45) is 3.12. The average molecular weight is 215 g/mol.